The molecule has 14 heavy (non-hydrogen) atoms. The number of carbonyl (C=O) groups excluding carboxylic acids is 1. The van der Waals surface area contributed by atoms with Crippen LogP contribution in [0.2, 0.25) is 0 Å². The van der Waals surface area contributed by atoms with Crippen molar-refractivity contribution >= 4 is 12.0 Å². The van der Waals surface area contributed by atoms with Crippen molar-refractivity contribution in [2.75, 3.05) is 7.05 Å². The summed E-state index contributed by atoms with van der Waals surface area (Å²) in [5.41, 5.74) is 1.59. The second-order valence-corrected chi connectivity index (χ2v) is 2.97. The molecule has 0 atom stereocenters. The summed E-state index contributed by atoms with van der Waals surface area (Å²) in [6.07, 6.45) is 1.60. The van der Waals surface area contributed by atoms with E-state index in [2.05, 4.69) is 11.9 Å². The fourth-order valence-electron chi connectivity index (χ4n) is 1.22. The van der Waals surface area contributed by atoms with Crippen LogP contribution in [0.4, 0.5) is 4.39 Å². The van der Waals surface area contributed by atoms with E-state index in [0.717, 1.165) is 11.1 Å². The highest BCUT2D eigenvalue weighted by Gasteiger charge is 2.11. The van der Waals surface area contributed by atoms with Gasteiger partial charge in [-0.3, -0.25) is 4.79 Å². The van der Waals surface area contributed by atoms with Crippen molar-refractivity contribution in [1.29, 1.82) is 0 Å². The Labute approximate surface area is 82.4 Å². The lowest BCUT2D eigenvalue weighted by atomic mass is 10.0. The molecule has 0 bridgehead atoms. The molecule has 1 rings (SSSR count). The zero-order valence-electron chi connectivity index (χ0n) is 8.23. The number of nitrogens with one attached hydrogen (secondary N) is 1. The molecular weight excluding hydrogens is 181 g/mol. The van der Waals surface area contributed by atoms with Crippen molar-refractivity contribution in [2.45, 2.75) is 6.92 Å². The highest BCUT2D eigenvalue weighted by Crippen LogP contribution is 2.16. The van der Waals surface area contributed by atoms with Crippen LogP contribution in [0, 0.1) is 12.7 Å². The smallest absolute Gasteiger partial charge is 0.254 e. The van der Waals surface area contributed by atoms with Gasteiger partial charge in [0.1, 0.15) is 5.82 Å². The molecule has 0 heterocycles. The molecule has 2 nitrogen and oxygen atoms in total. The number of halogens is 1. The summed E-state index contributed by atoms with van der Waals surface area (Å²) >= 11 is 0. The molecule has 1 aromatic rings. The largest absolute Gasteiger partial charge is 0.355 e. The summed E-state index contributed by atoms with van der Waals surface area (Å²) < 4.78 is 13.3. The Hall–Kier alpha value is -1.64. The topological polar surface area (TPSA) is 29.1 Å². The molecule has 0 aliphatic heterocycles. The molecule has 1 aromatic carbocycles. The zero-order chi connectivity index (χ0) is 10.7. The second kappa shape index (κ2) is 4.05. The molecule has 0 spiro atoms. The third-order valence-electron chi connectivity index (χ3n) is 2.05. The summed E-state index contributed by atoms with van der Waals surface area (Å²) in [5, 5.41) is 2.38. The first-order chi connectivity index (χ1) is 6.60. The summed E-state index contributed by atoms with van der Waals surface area (Å²) in [4.78, 5) is 11.2. The fraction of sp³-hybridized carbons (Fsp3) is 0.182. The molecule has 0 fully saturated rings. The van der Waals surface area contributed by atoms with Gasteiger partial charge in [-0.15, -0.1) is 0 Å². The Morgan fingerprint density at radius 3 is 2.71 bits per heavy atom. The first kappa shape index (κ1) is 10.4. The maximum atomic E-state index is 13.3. The normalized spacial score (nSPS) is 9.64. The van der Waals surface area contributed by atoms with E-state index in [1.54, 1.807) is 13.0 Å². The quantitative estimate of drug-likeness (QED) is 0.766. The van der Waals surface area contributed by atoms with Crippen LogP contribution < -0.4 is 5.32 Å². The number of benzene rings is 1. The van der Waals surface area contributed by atoms with E-state index < -0.39 is 11.7 Å². The van der Waals surface area contributed by atoms with Gasteiger partial charge in [0, 0.05) is 7.05 Å². The Balaban J connectivity index is 3.30. The molecule has 1 amide bonds. The molecule has 0 unspecified atom stereocenters. The molecule has 0 saturated carbocycles. The molecule has 0 aliphatic carbocycles. The van der Waals surface area contributed by atoms with E-state index in [1.165, 1.54) is 19.2 Å². The minimum atomic E-state index is -0.507. The van der Waals surface area contributed by atoms with E-state index in [4.69, 9.17) is 0 Å². The first-order valence-corrected chi connectivity index (χ1v) is 4.24. The van der Waals surface area contributed by atoms with E-state index >= 15 is 0 Å². The van der Waals surface area contributed by atoms with Gasteiger partial charge in [0.25, 0.3) is 5.91 Å². The van der Waals surface area contributed by atoms with E-state index in [0.29, 0.717) is 0 Å². The third kappa shape index (κ3) is 1.82. The van der Waals surface area contributed by atoms with Gasteiger partial charge in [-0.2, -0.15) is 0 Å². The number of amides is 1. The van der Waals surface area contributed by atoms with Gasteiger partial charge in [0.05, 0.1) is 5.56 Å². The van der Waals surface area contributed by atoms with Crippen LogP contribution in [0.25, 0.3) is 6.08 Å². The Kier molecular flexibility index (Phi) is 3.02. The predicted octanol–water partition coefficient (Wildman–Crippen LogP) is 2.14. The standard InChI is InChI=1S/C11H12FNO/c1-4-8-6-9(11(14)13-3)10(12)5-7(8)2/h4-6H,1H2,2-3H3,(H,13,14). The highest BCUT2D eigenvalue weighted by atomic mass is 19.1. The highest BCUT2D eigenvalue weighted by molar-refractivity contribution is 5.95. The monoisotopic (exact) mass is 193 g/mol. The van der Waals surface area contributed by atoms with Crippen LogP contribution in [0.3, 0.4) is 0 Å². The Morgan fingerprint density at radius 2 is 2.21 bits per heavy atom. The maximum absolute atomic E-state index is 13.3. The second-order valence-electron chi connectivity index (χ2n) is 2.97. The van der Waals surface area contributed by atoms with Gasteiger partial charge < -0.3 is 5.32 Å². The zero-order valence-corrected chi connectivity index (χ0v) is 8.23. The maximum Gasteiger partial charge on any atom is 0.254 e. The lowest BCUT2D eigenvalue weighted by Crippen LogP contribution is -2.19. The SMILES string of the molecule is C=Cc1cc(C(=O)NC)c(F)cc1C. The fourth-order valence-corrected chi connectivity index (χ4v) is 1.22. The molecule has 1 N–H and O–H groups in total. The van der Waals surface area contributed by atoms with Crippen molar-refractivity contribution < 1.29 is 9.18 Å². The summed E-state index contributed by atoms with van der Waals surface area (Å²) in [6, 6.07) is 2.83. The van der Waals surface area contributed by atoms with E-state index in [-0.39, 0.29) is 5.56 Å². The minimum absolute atomic E-state index is 0.0491. The molecule has 74 valence electrons. The predicted molar refractivity (Wildman–Crippen MR) is 54.6 cm³/mol. The average Bonchev–Trinajstić information content (AvgIpc) is 2.17. The summed E-state index contributed by atoms with van der Waals surface area (Å²) in [5.74, 6) is -0.932. The van der Waals surface area contributed by atoms with Crippen LogP contribution in [0.5, 0.6) is 0 Å². The van der Waals surface area contributed by atoms with Crippen molar-refractivity contribution in [3.63, 3.8) is 0 Å². The molecule has 0 aliphatic rings. The van der Waals surface area contributed by atoms with Gasteiger partial charge in [-0.05, 0) is 30.2 Å². The third-order valence-corrected chi connectivity index (χ3v) is 2.05. The van der Waals surface area contributed by atoms with Crippen molar-refractivity contribution in [3.8, 4) is 0 Å². The van der Waals surface area contributed by atoms with Crippen LogP contribution >= 0.6 is 0 Å². The van der Waals surface area contributed by atoms with Crippen molar-refractivity contribution in [1.82, 2.24) is 5.32 Å². The number of hydrogen-bond donors (Lipinski definition) is 1. The Morgan fingerprint density at radius 1 is 1.57 bits per heavy atom. The molecular formula is C11H12FNO. The number of aryl methyl sites for hydroxylation is 1. The minimum Gasteiger partial charge on any atom is -0.355 e. The lowest BCUT2D eigenvalue weighted by Gasteiger charge is -2.06. The van der Waals surface area contributed by atoms with Gasteiger partial charge in [-0.25, -0.2) is 4.39 Å². The Bertz CT molecular complexity index is 385. The van der Waals surface area contributed by atoms with Crippen LogP contribution in [-0.4, -0.2) is 13.0 Å². The van der Waals surface area contributed by atoms with Gasteiger partial charge >= 0.3 is 0 Å². The molecule has 0 aromatic heterocycles. The lowest BCUT2D eigenvalue weighted by molar-refractivity contribution is 0.0959. The van der Waals surface area contributed by atoms with Crippen LogP contribution in [0.1, 0.15) is 21.5 Å². The van der Waals surface area contributed by atoms with Crippen molar-refractivity contribution in [2.24, 2.45) is 0 Å². The summed E-state index contributed by atoms with van der Waals surface area (Å²) in [7, 11) is 1.47. The van der Waals surface area contributed by atoms with Gasteiger partial charge in [-0.1, -0.05) is 12.7 Å². The van der Waals surface area contributed by atoms with Gasteiger partial charge in [0.15, 0.2) is 0 Å². The summed E-state index contributed by atoms with van der Waals surface area (Å²) in [6.45, 7) is 5.37. The van der Waals surface area contributed by atoms with E-state index in [9.17, 15) is 9.18 Å². The van der Waals surface area contributed by atoms with Gasteiger partial charge in [0.2, 0.25) is 0 Å². The number of rotatable bonds is 2. The van der Waals surface area contributed by atoms with E-state index in [1.807, 2.05) is 0 Å². The van der Waals surface area contributed by atoms with Crippen LogP contribution in [-0.2, 0) is 0 Å². The molecule has 0 saturated heterocycles. The van der Waals surface area contributed by atoms with Crippen molar-refractivity contribution in [3.05, 3.63) is 41.2 Å². The number of hydrogen-bond acceptors (Lipinski definition) is 1. The first-order valence-electron chi connectivity index (χ1n) is 4.24. The van der Waals surface area contributed by atoms with Crippen LogP contribution in [0.15, 0.2) is 18.7 Å². The average molecular weight is 193 g/mol. The molecule has 3 heteroatoms. The number of carbonyl (C=O) groups is 1. The molecule has 0 radical (unpaired) electrons.